The first-order chi connectivity index (χ1) is 8.06. The first-order valence-corrected chi connectivity index (χ1v) is 6.29. The van der Waals surface area contributed by atoms with Gasteiger partial charge in [0.15, 0.2) is 0 Å². The van der Waals surface area contributed by atoms with E-state index in [1.807, 2.05) is 26.1 Å². The first kappa shape index (κ1) is 11.9. The van der Waals surface area contributed by atoms with E-state index in [4.69, 9.17) is 5.73 Å². The molecule has 4 nitrogen and oxygen atoms in total. The quantitative estimate of drug-likeness (QED) is 0.876. The highest BCUT2D eigenvalue weighted by atomic mass is 32.1. The maximum absolute atomic E-state index is 5.91. The predicted molar refractivity (Wildman–Crippen MR) is 72.3 cm³/mol. The molecule has 1 atom stereocenters. The van der Waals surface area contributed by atoms with Crippen molar-refractivity contribution in [3.8, 4) is 0 Å². The van der Waals surface area contributed by atoms with Gasteiger partial charge in [-0.15, -0.1) is 11.3 Å². The maximum atomic E-state index is 5.91. The number of aryl methyl sites for hydroxylation is 2. The van der Waals surface area contributed by atoms with Crippen LogP contribution < -0.4 is 11.1 Å². The molecule has 90 valence electrons. The van der Waals surface area contributed by atoms with Gasteiger partial charge in [-0.05, 0) is 32.4 Å². The summed E-state index contributed by atoms with van der Waals surface area (Å²) in [6, 6.07) is 2.03. The van der Waals surface area contributed by atoms with Crippen LogP contribution in [-0.4, -0.2) is 9.97 Å². The molecule has 0 saturated heterocycles. The fourth-order valence-corrected chi connectivity index (χ4v) is 2.33. The first-order valence-electron chi connectivity index (χ1n) is 5.47. The number of nitrogens with two attached hydrogens (primary N) is 1. The van der Waals surface area contributed by atoms with Crippen LogP contribution in [0.5, 0.6) is 0 Å². The van der Waals surface area contributed by atoms with Gasteiger partial charge in [-0.2, -0.15) is 0 Å². The fraction of sp³-hybridized carbons (Fsp3) is 0.333. The number of hydrogen-bond acceptors (Lipinski definition) is 5. The largest absolute Gasteiger partial charge is 0.396 e. The Labute approximate surface area is 105 Å². The highest BCUT2D eigenvalue weighted by Crippen LogP contribution is 2.25. The number of hydrogen-bond donors (Lipinski definition) is 2. The zero-order valence-electron chi connectivity index (χ0n) is 10.2. The van der Waals surface area contributed by atoms with Gasteiger partial charge in [-0.25, -0.2) is 9.97 Å². The Morgan fingerprint density at radius 1 is 1.29 bits per heavy atom. The van der Waals surface area contributed by atoms with Crippen LogP contribution in [0.4, 0.5) is 11.5 Å². The van der Waals surface area contributed by atoms with Crippen LogP contribution in [-0.2, 0) is 0 Å². The van der Waals surface area contributed by atoms with Gasteiger partial charge in [-0.3, -0.25) is 0 Å². The third-order valence-electron chi connectivity index (χ3n) is 2.42. The summed E-state index contributed by atoms with van der Waals surface area (Å²) in [5.74, 6) is 0.718. The van der Waals surface area contributed by atoms with Gasteiger partial charge in [0.1, 0.15) is 10.8 Å². The van der Waals surface area contributed by atoms with Crippen molar-refractivity contribution in [1.82, 2.24) is 9.97 Å². The van der Waals surface area contributed by atoms with E-state index < -0.39 is 0 Å². The van der Waals surface area contributed by atoms with E-state index >= 15 is 0 Å². The summed E-state index contributed by atoms with van der Waals surface area (Å²) < 4.78 is 0. The average Bonchev–Trinajstić information content (AvgIpc) is 2.69. The van der Waals surface area contributed by atoms with Crippen LogP contribution in [0.1, 0.15) is 28.4 Å². The number of rotatable bonds is 3. The topological polar surface area (TPSA) is 63.8 Å². The van der Waals surface area contributed by atoms with Crippen LogP contribution >= 0.6 is 11.3 Å². The van der Waals surface area contributed by atoms with Crippen molar-refractivity contribution < 1.29 is 0 Å². The van der Waals surface area contributed by atoms with Gasteiger partial charge < -0.3 is 11.1 Å². The Bertz CT molecular complexity index is 521. The lowest BCUT2D eigenvalue weighted by Gasteiger charge is -2.13. The minimum Gasteiger partial charge on any atom is -0.396 e. The Morgan fingerprint density at radius 2 is 2.06 bits per heavy atom. The predicted octanol–water partition coefficient (Wildman–Crippen LogP) is 2.91. The molecule has 0 amide bonds. The molecule has 0 aliphatic heterocycles. The molecule has 2 heterocycles. The van der Waals surface area contributed by atoms with E-state index in [0.29, 0.717) is 5.69 Å². The molecule has 5 heteroatoms. The summed E-state index contributed by atoms with van der Waals surface area (Å²) in [6.45, 7) is 6.08. The van der Waals surface area contributed by atoms with Crippen LogP contribution in [0.25, 0.3) is 0 Å². The van der Waals surface area contributed by atoms with Gasteiger partial charge in [-0.1, -0.05) is 0 Å². The van der Waals surface area contributed by atoms with Crippen molar-refractivity contribution in [2.75, 3.05) is 11.1 Å². The normalized spacial score (nSPS) is 12.4. The summed E-state index contributed by atoms with van der Waals surface area (Å²) in [5.41, 5.74) is 7.64. The Morgan fingerprint density at radius 3 is 2.65 bits per heavy atom. The third kappa shape index (κ3) is 2.74. The SMILES string of the molecule is Cc1cnc(NC(C)c2ncc(C)s2)c(N)c1. The standard InChI is InChI=1S/C12H16N4S/c1-7-4-10(13)11(14-5-7)16-9(3)12-15-6-8(2)17-12/h4-6,9H,13H2,1-3H3,(H,14,16). The lowest BCUT2D eigenvalue weighted by Crippen LogP contribution is -2.09. The number of nitrogen functional groups attached to an aromatic ring is 1. The molecule has 0 fully saturated rings. The van der Waals surface area contributed by atoms with Crippen LogP contribution in [0.3, 0.4) is 0 Å². The highest BCUT2D eigenvalue weighted by molar-refractivity contribution is 7.11. The molecule has 0 aromatic carbocycles. The lowest BCUT2D eigenvalue weighted by molar-refractivity contribution is 0.861. The number of thiazole rings is 1. The van der Waals surface area contributed by atoms with Gasteiger partial charge >= 0.3 is 0 Å². The number of anilines is 2. The molecular formula is C12H16N4S. The molecule has 0 bridgehead atoms. The lowest BCUT2D eigenvalue weighted by atomic mass is 10.2. The zero-order chi connectivity index (χ0) is 12.4. The van der Waals surface area contributed by atoms with E-state index in [2.05, 4.69) is 22.2 Å². The molecule has 0 saturated carbocycles. The van der Waals surface area contributed by atoms with Gasteiger partial charge in [0.25, 0.3) is 0 Å². The monoisotopic (exact) mass is 248 g/mol. The molecule has 0 spiro atoms. The number of aromatic nitrogens is 2. The van der Waals surface area contributed by atoms with Crippen LogP contribution in [0.2, 0.25) is 0 Å². The summed E-state index contributed by atoms with van der Waals surface area (Å²) in [4.78, 5) is 9.84. The number of nitrogens with one attached hydrogen (secondary N) is 1. The summed E-state index contributed by atoms with van der Waals surface area (Å²) in [7, 11) is 0. The Balaban J connectivity index is 2.15. The van der Waals surface area contributed by atoms with Crippen molar-refractivity contribution in [2.45, 2.75) is 26.8 Å². The molecule has 0 radical (unpaired) electrons. The van der Waals surface area contributed by atoms with E-state index in [0.717, 1.165) is 16.4 Å². The van der Waals surface area contributed by atoms with Crippen LogP contribution in [0.15, 0.2) is 18.5 Å². The zero-order valence-corrected chi connectivity index (χ0v) is 11.0. The molecule has 1 unspecified atom stereocenters. The molecule has 2 rings (SSSR count). The van der Waals surface area contributed by atoms with Gasteiger partial charge in [0, 0.05) is 17.3 Å². The molecular weight excluding hydrogens is 232 g/mol. The second-order valence-corrected chi connectivity index (χ2v) is 5.39. The number of pyridine rings is 1. The van der Waals surface area contributed by atoms with Crippen molar-refractivity contribution in [2.24, 2.45) is 0 Å². The minimum atomic E-state index is 0.117. The molecule has 2 aromatic heterocycles. The third-order valence-corrected chi connectivity index (χ3v) is 3.51. The van der Waals surface area contributed by atoms with Crippen molar-refractivity contribution in [3.05, 3.63) is 33.9 Å². The summed E-state index contributed by atoms with van der Waals surface area (Å²) in [5, 5.41) is 4.32. The molecule has 0 aliphatic rings. The van der Waals surface area contributed by atoms with E-state index in [1.165, 1.54) is 4.88 Å². The molecule has 0 aliphatic carbocycles. The highest BCUT2D eigenvalue weighted by Gasteiger charge is 2.11. The summed E-state index contributed by atoms with van der Waals surface area (Å²) in [6.07, 6.45) is 3.68. The average molecular weight is 248 g/mol. The molecule has 17 heavy (non-hydrogen) atoms. The maximum Gasteiger partial charge on any atom is 0.149 e. The van der Waals surface area contributed by atoms with E-state index in [-0.39, 0.29) is 6.04 Å². The summed E-state index contributed by atoms with van der Waals surface area (Å²) >= 11 is 1.68. The molecule has 3 N–H and O–H groups in total. The minimum absolute atomic E-state index is 0.117. The van der Waals surface area contributed by atoms with Crippen molar-refractivity contribution in [1.29, 1.82) is 0 Å². The van der Waals surface area contributed by atoms with Crippen molar-refractivity contribution in [3.63, 3.8) is 0 Å². The second kappa shape index (κ2) is 4.71. The van der Waals surface area contributed by atoms with Gasteiger partial charge in [0.05, 0.1) is 11.7 Å². The molecule has 2 aromatic rings. The second-order valence-electron chi connectivity index (χ2n) is 4.13. The van der Waals surface area contributed by atoms with Crippen molar-refractivity contribution >= 4 is 22.8 Å². The van der Waals surface area contributed by atoms with Crippen LogP contribution in [0, 0.1) is 13.8 Å². The Hall–Kier alpha value is -1.62. The van der Waals surface area contributed by atoms with E-state index in [1.54, 1.807) is 17.5 Å². The smallest absolute Gasteiger partial charge is 0.149 e. The van der Waals surface area contributed by atoms with Gasteiger partial charge in [0.2, 0.25) is 0 Å². The number of nitrogens with zero attached hydrogens (tertiary/aromatic N) is 2. The van der Waals surface area contributed by atoms with E-state index in [9.17, 15) is 0 Å². The fourth-order valence-electron chi connectivity index (χ4n) is 1.55. The Kier molecular flexibility index (Phi) is 3.28.